The minimum absolute atomic E-state index is 0.0336. The summed E-state index contributed by atoms with van der Waals surface area (Å²) in [4.78, 5) is 12.8. The van der Waals surface area contributed by atoms with Crippen molar-refractivity contribution in [3.63, 3.8) is 0 Å². The number of methoxy groups -OCH3 is 1. The second-order valence-electron chi connectivity index (χ2n) is 7.27. The number of hydrogen-bond donors (Lipinski definition) is 1. The van der Waals surface area contributed by atoms with Crippen molar-refractivity contribution in [3.8, 4) is 5.75 Å². The summed E-state index contributed by atoms with van der Waals surface area (Å²) in [7, 11) is -2.12. The van der Waals surface area contributed by atoms with E-state index in [9.17, 15) is 13.2 Å². The van der Waals surface area contributed by atoms with Crippen LogP contribution in [0.15, 0.2) is 83.9 Å². The van der Waals surface area contributed by atoms with E-state index in [1.807, 2.05) is 6.07 Å². The van der Waals surface area contributed by atoms with Crippen LogP contribution in [0.2, 0.25) is 5.02 Å². The van der Waals surface area contributed by atoms with Crippen molar-refractivity contribution in [2.24, 2.45) is 0 Å². The van der Waals surface area contributed by atoms with Gasteiger partial charge in [0.05, 0.1) is 17.8 Å². The quantitative estimate of drug-likeness (QED) is 0.418. The van der Waals surface area contributed by atoms with Crippen LogP contribution in [0.4, 0.5) is 5.69 Å². The van der Waals surface area contributed by atoms with Crippen molar-refractivity contribution in [2.45, 2.75) is 17.2 Å². The van der Waals surface area contributed by atoms with Gasteiger partial charge in [0.15, 0.2) is 9.84 Å². The first-order valence-electron chi connectivity index (χ1n) is 9.85. The van der Waals surface area contributed by atoms with E-state index in [2.05, 4.69) is 5.32 Å². The predicted molar refractivity (Wildman–Crippen MR) is 126 cm³/mol. The number of carbonyl (C=O) groups is 1. The summed E-state index contributed by atoms with van der Waals surface area (Å²) in [5, 5.41) is 3.79. The first-order valence-corrected chi connectivity index (χ1v) is 11.9. The molecule has 164 valence electrons. The molecule has 0 spiro atoms. The lowest BCUT2D eigenvalue weighted by atomic mass is 10.2. The number of sulfone groups is 1. The molecule has 1 aromatic heterocycles. The van der Waals surface area contributed by atoms with Gasteiger partial charge in [0.2, 0.25) is 5.91 Å². The number of benzene rings is 3. The van der Waals surface area contributed by atoms with Crippen LogP contribution in [0.25, 0.3) is 10.9 Å². The van der Waals surface area contributed by atoms with Crippen LogP contribution in [-0.4, -0.2) is 26.0 Å². The Morgan fingerprint density at radius 3 is 2.41 bits per heavy atom. The maximum Gasteiger partial charge on any atom is 0.244 e. The van der Waals surface area contributed by atoms with Crippen LogP contribution in [0, 0.1) is 0 Å². The van der Waals surface area contributed by atoms with Gasteiger partial charge >= 0.3 is 0 Å². The van der Waals surface area contributed by atoms with E-state index in [0.29, 0.717) is 32.9 Å². The molecule has 3 aromatic carbocycles. The molecule has 0 aliphatic rings. The molecular weight excluding hydrogens is 448 g/mol. The molecule has 1 N–H and O–H groups in total. The fraction of sp³-hybridized carbons (Fsp3) is 0.125. The number of ether oxygens (including phenoxy) is 1. The third-order valence-electron chi connectivity index (χ3n) is 5.08. The summed E-state index contributed by atoms with van der Waals surface area (Å²) in [6, 6.07) is 21.0. The Labute approximate surface area is 191 Å². The highest BCUT2D eigenvalue weighted by atomic mass is 35.5. The number of anilines is 1. The molecule has 0 atom stereocenters. The van der Waals surface area contributed by atoms with E-state index < -0.39 is 9.84 Å². The Kier molecular flexibility index (Phi) is 6.21. The third kappa shape index (κ3) is 4.64. The molecule has 0 radical (unpaired) electrons. The zero-order valence-electron chi connectivity index (χ0n) is 17.3. The normalized spacial score (nSPS) is 11.4. The van der Waals surface area contributed by atoms with Crippen molar-refractivity contribution >= 4 is 43.9 Å². The summed E-state index contributed by atoms with van der Waals surface area (Å²) in [6.07, 6.45) is 1.52. The van der Waals surface area contributed by atoms with Gasteiger partial charge < -0.3 is 14.6 Å². The molecule has 0 saturated carbocycles. The van der Waals surface area contributed by atoms with E-state index in [0.717, 1.165) is 0 Å². The van der Waals surface area contributed by atoms with Crippen molar-refractivity contribution in [1.82, 2.24) is 4.57 Å². The number of nitrogens with zero attached hydrogens (tertiary/aromatic N) is 1. The SMILES string of the molecule is COc1ccc(NC(=O)Cn2cc(S(=O)(=O)Cc3ccccc3Cl)c3ccccc32)cc1. The van der Waals surface area contributed by atoms with Crippen LogP contribution in [0.1, 0.15) is 5.56 Å². The van der Waals surface area contributed by atoms with Gasteiger partial charge in [-0.15, -0.1) is 0 Å². The largest absolute Gasteiger partial charge is 0.497 e. The van der Waals surface area contributed by atoms with Crippen LogP contribution in [0.5, 0.6) is 5.75 Å². The second kappa shape index (κ2) is 9.06. The second-order valence-corrected chi connectivity index (χ2v) is 9.63. The lowest BCUT2D eigenvalue weighted by Gasteiger charge is -2.08. The van der Waals surface area contributed by atoms with Gasteiger partial charge in [0.25, 0.3) is 0 Å². The fourth-order valence-electron chi connectivity index (χ4n) is 3.52. The van der Waals surface area contributed by atoms with Crippen LogP contribution < -0.4 is 10.1 Å². The number of rotatable bonds is 7. The molecule has 0 aliphatic heterocycles. The summed E-state index contributed by atoms with van der Waals surface area (Å²) >= 11 is 6.18. The smallest absolute Gasteiger partial charge is 0.244 e. The van der Waals surface area contributed by atoms with E-state index in [1.54, 1.807) is 78.4 Å². The highest BCUT2D eigenvalue weighted by molar-refractivity contribution is 7.90. The topological polar surface area (TPSA) is 77.4 Å². The van der Waals surface area contributed by atoms with Crippen molar-refractivity contribution in [2.75, 3.05) is 12.4 Å². The molecule has 0 aliphatic carbocycles. The Balaban J connectivity index is 1.62. The predicted octanol–water partition coefficient (Wildman–Crippen LogP) is 4.92. The lowest BCUT2D eigenvalue weighted by molar-refractivity contribution is -0.116. The van der Waals surface area contributed by atoms with Crippen LogP contribution in [0.3, 0.4) is 0 Å². The fourth-order valence-corrected chi connectivity index (χ4v) is 5.41. The summed E-state index contributed by atoms with van der Waals surface area (Å²) < 4.78 is 33.2. The number of hydrogen-bond acceptors (Lipinski definition) is 4. The zero-order chi connectivity index (χ0) is 22.7. The van der Waals surface area contributed by atoms with Gasteiger partial charge in [-0.1, -0.05) is 48.0 Å². The molecule has 0 unspecified atom stereocenters. The Hall–Kier alpha value is -3.29. The molecule has 0 saturated heterocycles. The summed E-state index contributed by atoms with van der Waals surface area (Å²) in [5.74, 6) is 0.192. The maximum absolute atomic E-state index is 13.2. The number of halogens is 1. The molecule has 1 amide bonds. The molecular formula is C24H21ClN2O4S. The molecule has 6 nitrogen and oxygen atoms in total. The molecule has 4 aromatic rings. The molecule has 1 heterocycles. The van der Waals surface area contributed by atoms with E-state index >= 15 is 0 Å². The summed E-state index contributed by atoms with van der Waals surface area (Å²) in [6.45, 7) is -0.0336. The Bertz CT molecular complexity index is 1380. The van der Waals surface area contributed by atoms with Crippen LogP contribution >= 0.6 is 11.6 Å². The monoisotopic (exact) mass is 468 g/mol. The van der Waals surface area contributed by atoms with Crippen molar-refractivity contribution < 1.29 is 17.9 Å². The molecule has 0 bridgehead atoms. The maximum atomic E-state index is 13.2. The van der Waals surface area contributed by atoms with Crippen molar-refractivity contribution in [3.05, 3.63) is 89.6 Å². The van der Waals surface area contributed by atoms with Crippen molar-refractivity contribution in [1.29, 1.82) is 0 Å². The van der Waals surface area contributed by atoms with Gasteiger partial charge in [-0.25, -0.2) is 8.42 Å². The van der Waals surface area contributed by atoms with Gasteiger partial charge in [0, 0.05) is 27.8 Å². The lowest BCUT2D eigenvalue weighted by Crippen LogP contribution is -2.18. The third-order valence-corrected chi connectivity index (χ3v) is 7.13. The summed E-state index contributed by atoms with van der Waals surface area (Å²) in [5.41, 5.74) is 1.82. The van der Waals surface area contributed by atoms with Gasteiger partial charge in [-0.3, -0.25) is 4.79 Å². The van der Waals surface area contributed by atoms with Gasteiger partial charge in [-0.2, -0.15) is 0 Å². The van der Waals surface area contributed by atoms with E-state index in [-0.39, 0.29) is 23.1 Å². The van der Waals surface area contributed by atoms with E-state index in [1.165, 1.54) is 6.20 Å². The number of amides is 1. The molecule has 32 heavy (non-hydrogen) atoms. The minimum atomic E-state index is -3.69. The Morgan fingerprint density at radius 2 is 1.69 bits per heavy atom. The van der Waals surface area contributed by atoms with E-state index in [4.69, 9.17) is 16.3 Å². The number of nitrogens with one attached hydrogen (secondary N) is 1. The first-order chi connectivity index (χ1) is 15.4. The highest BCUT2D eigenvalue weighted by Crippen LogP contribution is 2.29. The van der Waals surface area contributed by atoms with Crippen LogP contribution in [-0.2, 0) is 26.9 Å². The zero-order valence-corrected chi connectivity index (χ0v) is 18.9. The number of carbonyl (C=O) groups excluding carboxylic acids is 1. The number of para-hydroxylation sites is 1. The average molecular weight is 469 g/mol. The standard InChI is InChI=1S/C24H21ClN2O4S/c1-31-19-12-10-18(11-13-19)26-24(28)15-27-14-23(20-7-3-5-9-22(20)27)32(29,30)16-17-6-2-4-8-21(17)25/h2-14H,15-16H2,1H3,(H,26,28). The highest BCUT2D eigenvalue weighted by Gasteiger charge is 2.23. The molecule has 4 rings (SSSR count). The van der Waals surface area contributed by atoms with Gasteiger partial charge in [-0.05, 0) is 42.0 Å². The first kappa shape index (κ1) is 21.9. The molecule has 0 fully saturated rings. The molecule has 8 heteroatoms. The number of aromatic nitrogens is 1. The minimum Gasteiger partial charge on any atom is -0.497 e. The Morgan fingerprint density at radius 1 is 1.00 bits per heavy atom. The number of fused-ring (bicyclic) bond motifs is 1. The average Bonchev–Trinajstić information content (AvgIpc) is 3.15. The van der Waals surface area contributed by atoms with Gasteiger partial charge in [0.1, 0.15) is 12.3 Å².